The Morgan fingerprint density at radius 3 is 1.53 bits per heavy atom. The smallest absolute Gasteiger partial charge is 0.308 e. The maximum Gasteiger partial charge on any atom is 0.308 e. The van der Waals surface area contributed by atoms with Gasteiger partial charge in [-0.2, -0.15) is 0 Å². The summed E-state index contributed by atoms with van der Waals surface area (Å²) in [5.74, 6) is -0.486. The van der Waals surface area contributed by atoms with E-state index in [1.807, 2.05) is 20.8 Å². The van der Waals surface area contributed by atoms with Crippen LogP contribution in [0.1, 0.15) is 47.9 Å². The van der Waals surface area contributed by atoms with E-state index in [1.54, 1.807) is 24.3 Å². The topological polar surface area (TPSA) is 128 Å². The van der Waals surface area contributed by atoms with Crippen molar-refractivity contribution in [3.05, 3.63) is 35.4 Å². The van der Waals surface area contributed by atoms with Gasteiger partial charge in [-0.15, -0.1) is 0 Å². The van der Waals surface area contributed by atoms with Gasteiger partial charge in [-0.3, -0.25) is 14.4 Å². The molecule has 0 saturated heterocycles. The number of hydrogen-bond donors (Lipinski definition) is 1. The Bertz CT molecular complexity index is 764. The van der Waals surface area contributed by atoms with Crippen molar-refractivity contribution in [2.45, 2.75) is 32.8 Å². The highest BCUT2D eigenvalue weighted by molar-refractivity contribution is 5.94. The summed E-state index contributed by atoms with van der Waals surface area (Å²) in [5, 5.41) is 2.75. The summed E-state index contributed by atoms with van der Waals surface area (Å²) in [7, 11) is 0. The minimum absolute atomic E-state index is 0.214. The van der Waals surface area contributed by atoms with Gasteiger partial charge in [0.2, 0.25) is 0 Å². The molecule has 1 aromatic carbocycles. The Labute approximate surface area is 225 Å². The summed E-state index contributed by atoms with van der Waals surface area (Å²) in [4.78, 5) is 34.1. The second-order valence-electron chi connectivity index (χ2n) is 9.01. The molecule has 216 valence electrons. The summed E-state index contributed by atoms with van der Waals surface area (Å²) in [6, 6.07) is 6.41. The van der Waals surface area contributed by atoms with Gasteiger partial charge in [-0.25, -0.2) is 0 Å². The largest absolute Gasteiger partial charge is 0.460 e. The van der Waals surface area contributed by atoms with Gasteiger partial charge in [0, 0.05) is 17.7 Å². The van der Waals surface area contributed by atoms with E-state index in [2.05, 4.69) is 5.32 Å². The number of benzene rings is 1. The zero-order valence-electron chi connectivity index (χ0n) is 22.9. The molecule has 0 heterocycles. The molecule has 0 aliphatic rings. The normalized spacial score (nSPS) is 11.3. The lowest BCUT2D eigenvalue weighted by atomic mass is 10.1. The molecule has 38 heavy (non-hydrogen) atoms. The minimum atomic E-state index is -0.478. The molecule has 0 spiro atoms. The van der Waals surface area contributed by atoms with E-state index in [-0.39, 0.29) is 18.3 Å². The van der Waals surface area contributed by atoms with Gasteiger partial charge in [0.1, 0.15) is 11.9 Å². The monoisotopic (exact) mass is 541 g/mol. The predicted molar refractivity (Wildman–Crippen MR) is 140 cm³/mol. The van der Waals surface area contributed by atoms with E-state index in [4.69, 9.17) is 33.2 Å². The molecule has 11 heteroatoms. The summed E-state index contributed by atoms with van der Waals surface area (Å²) >= 11 is 0. The van der Waals surface area contributed by atoms with Crippen molar-refractivity contribution < 1.29 is 47.5 Å². The lowest BCUT2D eigenvalue weighted by Crippen LogP contribution is -2.27. The van der Waals surface area contributed by atoms with Gasteiger partial charge in [0.05, 0.1) is 85.7 Å². The number of nitrogens with one attached hydrogen (secondary N) is 1. The molecule has 0 saturated carbocycles. The van der Waals surface area contributed by atoms with Crippen molar-refractivity contribution in [3.63, 3.8) is 0 Å². The van der Waals surface area contributed by atoms with Crippen LogP contribution in [0.5, 0.6) is 0 Å². The van der Waals surface area contributed by atoms with Crippen molar-refractivity contribution in [2.75, 3.05) is 85.8 Å². The maximum absolute atomic E-state index is 12.0. The van der Waals surface area contributed by atoms with Crippen molar-refractivity contribution in [3.8, 4) is 0 Å². The standard InChI is InChI=1S/C27H43NO10/c1-27(2,3)38-25(30)8-10-32-12-14-34-16-18-36-20-21-37-19-17-35-15-13-33-11-9-28-26(31)24-6-4-23(22-29)5-7-24/h4-7,22H,8-21H2,1-3H3,(H,28,31). The number of ether oxygens (including phenoxy) is 7. The Balaban J connectivity index is 1.76. The molecular weight excluding hydrogens is 498 g/mol. The SMILES string of the molecule is CC(C)(C)OC(=O)CCOCCOCCOCCOCCOCCOCCNC(=O)c1ccc(C=O)cc1. The Kier molecular flexibility index (Phi) is 19.0. The van der Waals surface area contributed by atoms with Gasteiger partial charge in [0.25, 0.3) is 5.91 Å². The molecule has 0 atom stereocenters. The quantitative estimate of drug-likeness (QED) is 0.125. The summed E-state index contributed by atoms with van der Waals surface area (Å²) in [5.41, 5.74) is 0.542. The molecule has 1 aromatic rings. The molecule has 11 nitrogen and oxygen atoms in total. The van der Waals surface area contributed by atoms with Crippen LogP contribution in [0.3, 0.4) is 0 Å². The van der Waals surface area contributed by atoms with Crippen molar-refractivity contribution >= 4 is 18.2 Å². The third kappa shape index (κ3) is 19.7. The fourth-order valence-electron chi connectivity index (χ4n) is 2.80. The first-order chi connectivity index (χ1) is 18.3. The highest BCUT2D eigenvalue weighted by Crippen LogP contribution is 2.08. The van der Waals surface area contributed by atoms with Crippen LogP contribution in [0.4, 0.5) is 0 Å². The first kappa shape index (κ1) is 33.6. The van der Waals surface area contributed by atoms with Gasteiger partial charge in [-0.1, -0.05) is 12.1 Å². The van der Waals surface area contributed by atoms with E-state index in [0.29, 0.717) is 97.0 Å². The van der Waals surface area contributed by atoms with Crippen LogP contribution in [0.2, 0.25) is 0 Å². The highest BCUT2D eigenvalue weighted by Gasteiger charge is 2.15. The number of esters is 1. The van der Waals surface area contributed by atoms with E-state index in [0.717, 1.165) is 6.29 Å². The summed E-state index contributed by atoms with van der Waals surface area (Å²) in [6.45, 7) is 11.0. The predicted octanol–water partition coefficient (Wildman–Crippen LogP) is 2.06. The van der Waals surface area contributed by atoms with E-state index >= 15 is 0 Å². The second-order valence-corrected chi connectivity index (χ2v) is 9.01. The average molecular weight is 542 g/mol. The van der Waals surface area contributed by atoms with Crippen LogP contribution in [0, 0.1) is 0 Å². The molecule has 0 aliphatic heterocycles. The van der Waals surface area contributed by atoms with Crippen LogP contribution in [0.15, 0.2) is 24.3 Å². The van der Waals surface area contributed by atoms with Gasteiger partial charge in [-0.05, 0) is 32.9 Å². The summed E-state index contributed by atoms with van der Waals surface area (Å²) in [6.07, 6.45) is 0.958. The van der Waals surface area contributed by atoms with Crippen LogP contribution in [-0.2, 0) is 38.0 Å². The zero-order chi connectivity index (χ0) is 27.9. The van der Waals surface area contributed by atoms with E-state index < -0.39 is 5.60 Å². The number of rotatable bonds is 23. The molecule has 1 rings (SSSR count). The first-order valence-electron chi connectivity index (χ1n) is 12.8. The number of carbonyl (C=O) groups excluding carboxylic acids is 3. The Morgan fingerprint density at radius 2 is 1.11 bits per heavy atom. The molecule has 0 unspecified atom stereocenters. The number of amides is 1. The minimum Gasteiger partial charge on any atom is -0.460 e. The fourth-order valence-corrected chi connectivity index (χ4v) is 2.80. The molecular formula is C27H43NO10. The van der Waals surface area contributed by atoms with Gasteiger partial charge >= 0.3 is 5.97 Å². The van der Waals surface area contributed by atoms with Gasteiger partial charge in [0.15, 0.2) is 0 Å². The lowest BCUT2D eigenvalue weighted by Gasteiger charge is -2.19. The average Bonchev–Trinajstić information content (AvgIpc) is 2.88. The van der Waals surface area contributed by atoms with Crippen molar-refractivity contribution in [1.29, 1.82) is 0 Å². The molecule has 1 N–H and O–H groups in total. The number of carbonyl (C=O) groups is 3. The van der Waals surface area contributed by atoms with Crippen LogP contribution >= 0.6 is 0 Å². The zero-order valence-corrected chi connectivity index (χ0v) is 22.9. The van der Waals surface area contributed by atoms with Crippen molar-refractivity contribution in [1.82, 2.24) is 5.32 Å². The lowest BCUT2D eigenvalue weighted by molar-refractivity contribution is -0.156. The molecule has 0 aliphatic carbocycles. The molecule has 1 amide bonds. The van der Waals surface area contributed by atoms with Crippen LogP contribution < -0.4 is 5.32 Å². The molecule has 0 radical (unpaired) electrons. The number of aldehydes is 1. The molecule has 0 bridgehead atoms. The Hall–Kier alpha value is -2.41. The number of hydrogen-bond acceptors (Lipinski definition) is 10. The highest BCUT2D eigenvalue weighted by atomic mass is 16.6. The Morgan fingerprint density at radius 1 is 0.684 bits per heavy atom. The second kappa shape index (κ2) is 21.5. The fraction of sp³-hybridized carbons (Fsp3) is 0.667. The van der Waals surface area contributed by atoms with Crippen LogP contribution in [0.25, 0.3) is 0 Å². The van der Waals surface area contributed by atoms with Gasteiger partial charge < -0.3 is 38.5 Å². The summed E-state index contributed by atoms with van der Waals surface area (Å²) < 4.78 is 37.6. The van der Waals surface area contributed by atoms with Crippen molar-refractivity contribution in [2.24, 2.45) is 0 Å². The molecule has 0 fully saturated rings. The molecule has 0 aromatic heterocycles. The maximum atomic E-state index is 12.0. The first-order valence-corrected chi connectivity index (χ1v) is 12.8. The van der Waals surface area contributed by atoms with E-state index in [1.165, 1.54) is 0 Å². The third-order valence-electron chi connectivity index (χ3n) is 4.57. The third-order valence-corrected chi connectivity index (χ3v) is 4.57. The van der Waals surface area contributed by atoms with E-state index in [9.17, 15) is 14.4 Å². The van der Waals surface area contributed by atoms with Crippen LogP contribution in [-0.4, -0.2) is 110 Å².